The molecule has 1 rings (SSSR count). The normalized spacial score (nSPS) is 11.8. The number of nitrogens with one attached hydrogen (secondary N) is 3. The largest absolute Gasteiger partial charge is 0.350 e. The van der Waals surface area contributed by atoms with Gasteiger partial charge in [0.15, 0.2) is 0 Å². The van der Waals surface area contributed by atoms with Gasteiger partial charge in [-0.05, 0) is 44.2 Å². The molecule has 0 bridgehead atoms. The minimum absolute atomic E-state index is 0.0927. The Bertz CT molecular complexity index is 443. The predicted molar refractivity (Wildman–Crippen MR) is 80.8 cm³/mol. The first-order chi connectivity index (χ1) is 9.56. The van der Waals surface area contributed by atoms with Crippen molar-refractivity contribution in [2.24, 2.45) is 0 Å². The zero-order chi connectivity index (χ0) is 15.0. The van der Waals surface area contributed by atoms with Crippen LogP contribution in [0.1, 0.15) is 37.6 Å². The van der Waals surface area contributed by atoms with Crippen molar-refractivity contribution in [2.75, 3.05) is 18.4 Å². The number of carbonyl (C=O) groups excluding carboxylic acids is 2. The van der Waals surface area contributed by atoms with E-state index < -0.39 is 0 Å². The lowest BCUT2D eigenvalue weighted by atomic mass is 10.1. The summed E-state index contributed by atoms with van der Waals surface area (Å²) in [6, 6.07) is 7.04. The van der Waals surface area contributed by atoms with Crippen LogP contribution in [0.3, 0.4) is 0 Å². The Morgan fingerprint density at radius 2 is 1.80 bits per heavy atom. The minimum atomic E-state index is -0.0938. The highest BCUT2D eigenvalue weighted by molar-refractivity contribution is 5.96. The van der Waals surface area contributed by atoms with Crippen molar-refractivity contribution in [2.45, 2.75) is 33.2 Å². The summed E-state index contributed by atoms with van der Waals surface area (Å²) in [4.78, 5) is 23.4. The number of rotatable bonds is 7. The van der Waals surface area contributed by atoms with Crippen molar-refractivity contribution in [1.29, 1.82) is 0 Å². The molecule has 110 valence electrons. The smallest absolute Gasteiger partial charge is 0.251 e. The average Bonchev–Trinajstić information content (AvgIpc) is 2.45. The lowest BCUT2D eigenvalue weighted by Crippen LogP contribution is -2.31. The van der Waals surface area contributed by atoms with E-state index in [0.717, 1.165) is 13.0 Å². The Morgan fingerprint density at radius 3 is 2.35 bits per heavy atom. The number of likely N-dealkylation sites (N-methyl/N-ethyl adjacent to an activating group) is 1. The van der Waals surface area contributed by atoms with Crippen LogP contribution in [-0.4, -0.2) is 30.9 Å². The van der Waals surface area contributed by atoms with E-state index in [-0.39, 0.29) is 24.4 Å². The van der Waals surface area contributed by atoms with Crippen molar-refractivity contribution in [3.05, 3.63) is 29.8 Å². The Kier molecular flexibility index (Phi) is 6.73. The highest BCUT2D eigenvalue weighted by Crippen LogP contribution is 2.09. The summed E-state index contributed by atoms with van der Waals surface area (Å²) in [5.74, 6) is -0.187. The number of carbonyl (C=O) groups is 2. The summed E-state index contributed by atoms with van der Waals surface area (Å²) in [7, 11) is 0. The topological polar surface area (TPSA) is 70.2 Å². The molecule has 1 atom stereocenters. The van der Waals surface area contributed by atoms with Crippen molar-refractivity contribution < 1.29 is 9.59 Å². The molecular formula is C15H23N3O2. The predicted octanol–water partition coefficient (Wildman–Crippen LogP) is 1.76. The van der Waals surface area contributed by atoms with Crippen molar-refractivity contribution in [3.8, 4) is 0 Å². The quantitative estimate of drug-likeness (QED) is 0.711. The van der Waals surface area contributed by atoms with Gasteiger partial charge < -0.3 is 16.0 Å². The lowest BCUT2D eigenvalue weighted by Gasteiger charge is -2.11. The van der Waals surface area contributed by atoms with Gasteiger partial charge in [-0.3, -0.25) is 9.59 Å². The third kappa shape index (κ3) is 5.40. The number of hydrogen-bond donors (Lipinski definition) is 3. The molecule has 1 unspecified atom stereocenters. The Hall–Kier alpha value is -1.88. The van der Waals surface area contributed by atoms with Crippen LogP contribution in [0.25, 0.3) is 0 Å². The summed E-state index contributed by atoms with van der Waals surface area (Å²) < 4.78 is 0. The van der Waals surface area contributed by atoms with E-state index in [2.05, 4.69) is 16.0 Å². The molecule has 0 aromatic heterocycles. The molecule has 5 nitrogen and oxygen atoms in total. The first kappa shape index (κ1) is 16.2. The van der Waals surface area contributed by atoms with E-state index in [1.165, 1.54) is 0 Å². The van der Waals surface area contributed by atoms with Crippen LogP contribution in [0.5, 0.6) is 0 Å². The van der Waals surface area contributed by atoms with E-state index in [0.29, 0.717) is 11.3 Å². The molecule has 0 saturated heterocycles. The van der Waals surface area contributed by atoms with Crippen LogP contribution in [0.4, 0.5) is 5.69 Å². The van der Waals surface area contributed by atoms with Crippen molar-refractivity contribution in [3.63, 3.8) is 0 Å². The number of hydrogen-bond acceptors (Lipinski definition) is 3. The molecule has 3 N–H and O–H groups in total. The zero-order valence-corrected chi connectivity index (χ0v) is 12.3. The summed E-state index contributed by atoms with van der Waals surface area (Å²) >= 11 is 0. The second-order valence-corrected chi connectivity index (χ2v) is 4.69. The van der Waals surface area contributed by atoms with Crippen LogP contribution in [0.15, 0.2) is 24.3 Å². The van der Waals surface area contributed by atoms with Gasteiger partial charge in [0.25, 0.3) is 5.91 Å². The van der Waals surface area contributed by atoms with Crippen LogP contribution in [0, 0.1) is 0 Å². The van der Waals surface area contributed by atoms with Crippen LogP contribution in [0.2, 0.25) is 0 Å². The monoisotopic (exact) mass is 277 g/mol. The van der Waals surface area contributed by atoms with E-state index in [9.17, 15) is 9.59 Å². The van der Waals surface area contributed by atoms with Gasteiger partial charge in [-0.15, -0.1) is 0 Å². The maximum atomic E-state index is 11.9. The first-order valence-electron chi connectivity index (χ1n) is 6.98. The third-order valence-corrected chi connectivity index (χ3v) is 2.96. The van der Waals surface area contributed by atoms with E-state index >= 15 is 0 Å². The summed E-state index contributed by atoms with van der Waals surface area (Å²) in [6.45, 7) is 6.97. The molecule has 0 heterocycles. The second kappa shape index (κ2) is 8.32. The molecule has 0 aliphatic carbocycles. The van der Waals surface area contributed by atoms with Gasteiger partial charge in [0.05, 0.1) is 6.54 Å². The third-order valence-electron chi connectivity index (χ3n) is 2.96. The van der Waals surface area contributed by atoms with E-state index in [1.54, 1.807) is 24.3 Å². The van der Waals surface area contributed by atoms with Crippen molar-refractivity contribution >= 4 is 17.5 Å². The molecule has 5 heteroatoms. The Labute approximate surface area is 120 Å². The van der Waals surface area contributed by atoms with Crippen molar-refractivity contribution in [1.82, 2.24) is 10.6 Å². The second-order valence-electron chi connectivity index (χ2n) is 4.69. The van der Waals surface area contributed by atoms with Crippen LogP contribution >= 0.6 is 0 Å². The molecule has 0 aliphatic rings. The fourth-order valence-corrected chi connectivity index (χ4v) is 1.56. The van der Waals surface area contributed by atoms with E-state index in [4.69, 9.17) is 0 Å². The van der Waals surface area contributed by atoms with E-state index in [1.807, 2.05) is 20.8 Å². The minimum Gasteiger partial charge on any atom is -0.350 e. The SMILES string of the molecule is CCNCC(=O)Nc1ccc(C(=O)NC(C)CC)cc1. The molecule has 2 amide bonds. The molecule has 0 aliphatic heterocycles. The van der Waals surface area contributed by atoms with Gasteiger partial charge >= 0.3 is 0 Å². The molecule has 1 aromatic carbocycles. The van der Waals surface area contributed by atoms with Gasteiger partial charge in [-0.2, -0.15) is 0 Å². The molecular weight excluding hydrogens is 254 g/mol. The van der Waals surface area contributed by atoms with Crippen LogP contribution in [-0.2, 0) is 4.79 Å². The highest BCUT2D eigenvalue weighted by atomic mass is 16.2. The summed E-state index contributed by atoms with van der Waals surface area (Å²) in [6.07, 6.45) is 0.893. The molecule has 0 radical (unpaired) electrons. The van der Waals surface area contributed by atoms with Gasteiger partial charge in [0.1, 0.15) is 0 Å². The average molecular weight is 277 g/mol. The van der Waals surface area contributed by atoms with Gasteiger partial charge in [0.2, 0.25) is 5.91 Å². The molecule has 20 heavy (non-hydrogen) atoms. The highest BCUT2D eigenvalue weighted by Gasteiger charge is 2.08. The molecule has 0 saturated carbocycles. The maximum Gasteiger partial charge on any atom is 0.251 e. The Morgan fingerprint density at radius 1 is 1.15 bits per heavy atom. The molecule has 0 spiro atoms. The Balaban J connectivity index is 2.55. The van der Waals surface area contributed by atoms with Crippen LogP contribution < -0.4 is 16.0 Å². The lowest BCUT2D eigenvalue weighted by molar-refractivity contribution is -0.115. The standard InChI is InChI=1S/C15H23N3O2/c1-4-11(3)17-15(20)12-6-8-13(9-7-12)18-14(19)10-16-5-2/h6-9,11,16H,4-5,10H2,1-3H3,(H,17,20)(H,18,19). The number of amides is 2. The summed E-state index contributed by atoms with van der Waals surface area (Å²) in [5.41, 5.74) is 1.28. The fraction of sp³-hybridized carbons (Fsp3) is 0.467. The maximum absolute atomic E-state index is 11.9. The number of benzene rings is 1. The zero-order valence-electron chi connectivity index (χ0n) is 12.3. The van der Waals surface area contributed by atoms with Gasteiger partial charge in [-0.1, -0.05) is 13.8 Å². The first-order valence-corrected chi connectivity index (χ1v) is 6.98. The van der Waals surface area contributed by atoms with Gasteiger partial charge in [0, 0.05) is 17.3 Å². The number of anilines is 1. The fourth-order valence-electron chi connectivity index (χ4n) is 1.56. The summed E-state index contributed by atoms with van der Waals surface area (Å²) in [5, 5.41) is 8.61. The molecule has 0 fully saturated rings. The molecule has 1 aromatic rings. The van der Waals surface area contributed by atoms with Gasteiger partial charge in [-0.25, -0.2) is 0 Å².